The maximum Gasteiger partial charge on any atom is 0.265 e. The number of nitrogens with zero attached hydrogens (tertiary/aromatic N) is 4. The van der Waals surface area contributed by atoms with Crippen molar-refractivity contribution in [3.05, 3.63) is 77.4 Å². The van der Waals surface area contributed by atoms with Crippen molar-refractivity contribution in [2.24, 2.45) is 5.73 Å². The van der Waals surface area contributed by atoms with E-state index in [-0.39, 0.29) is 0 Å². The van der Waals surface area contributed by atoms with Crippen LogP contribution in [0.5, 0.6) is 0 Å². The van der Waals surface area contributed by atoms with E-state index in [2.05, 4.69) is 22.4 Å². The summed E-state index contributed by atoms with van der Waals surface area (Å²) in [4.78, 5) is 26.0. The molecule has 4 aromatic rings. The van der Waals surface area contributed by atoms with E-state index in [0.717, 1.165) is 29.0 Å². The second-order valence-corrected chi connectivity index (χ2v) is 7.40. The first-order valence-electron chi connectivity index (χ1n) is 10.2. The summed E-state index contributed by atoms with van der Waals surface area (Å²) >= 11 is 0. The molecule has 8 nitrogen and oxygen atoms in total. The van der Waals surface area contributed by atoms with Crippen LogP contribution in [0, 0.1) is 0 Å². The summed E-state index contributed by atoms with van der Waals surface area (Å²) in [6, 6.07) is 15.5. The van der Waals surface area contributed by atoms with Gasteiger partial charge in [0.2, 0.25) is 0 Å². The number of anilines is 1. The third kappa shape index (κ3) is 3.73. The highest BCUT2D eigenvalue weighted by Crippen LogP contribution is 2.27. The number of fused-ring (bicyclic) bond motifs is 2. The first-order chi connectivity index (χ1) is 15.2. The Morgan fingerprint density at radius 1 is 1.06 bits per heavy atom. The number of primary amides is 1. The van der Waals surface area contributed by atoms with E-state index in [1.165, 1.54) is 5.56 Å². The number of hydrogen-bond acceptors (Lipinski definition) is 6. The maximum atomic E-state index is 11.8. The van der Waals surface area contributed by atoms with Crippen molar-refractivity contribution in [3.63, 3.8) is 0 Å². The minimum absolute atomic E-state index is 0.363. The summed E-state index contributed by atoms with van der Waals surface area (Å²) in [5, 5.41) is 3.48. The molecule has 156 valence electrons. The third-order valence-corrected chi connectivity index (χ3v) is 5.41. The van der Waals surface area contributed by atoms with Gasteiger partial charge in [0, 0.05) is 24.9 Å². The van der Waals surface area contributed by atoms with Gasteiger partial charge in [0.1, 0.15) is 23.5 Å². The zero-order valence-corrected chi connectivity index (χ0v) is 16.9. The van der Waals surface area contributed by atoms with Crippen molar-refractivity contribution in [3.8, 4) is 11.5 Å². The monoisotopic (exact) mass is 414 g/mol. The SMILES string of the molecule is NC(=O)c1cccc2c(-c3nc4c(c(NCc5ccccc5)n3)CCOCC4)ncn12. The first-order valence-corrected chi connectivity index (χ1v) is 10.2. The van der Waals surface area contributed by atoms with Crippen LogP contribution < -0.4 is 11.1 Å². The van der Waals surface area contributed by atoms with Gasteiger partial charge in [-0.15, -0.1) is 0 Å². The Labute approximate surface area is 179 Å². The predicted molar refractivity (Wildman–Crippen MR) is 117 cm³/mol. The van der Waals surface area contributed by atoms with Gasteiger partial charge < -0.3 is 15.8 Å². The molecule has 3 N–H and O–H groups in total. The van der Waals surface area contributed by atoms with Gasteiger partial charge in [-0.3, -0.25) is 9.20 Å². The lowest BCUT2D eigenvalue weighted by atomic mass is 10.1. The zero-order chi connectivity index (χ0) is 21.2. The van der Waals surface area contributed by atoms with Crippen molar-refractivity contribution in [2.45, 2.75) is 19.4 Å². The predicted octanol–water partition coefficient (Wildman–Crippen LogP) is 2.62. The smallest absolute Gasteiger partial charge is 0.265 e. The van der Waals surface area contributed by atoms with E-state index < -0.39 is 5.91 Å². The maximum absolute atomic E-state index is 11.8. The van der Waals surface area contributed by atoms with Crippen LogP contribution in [0.15, 0.2) is 54.9 Å². The van der Waals surface area contributed by atoms with Gasteiger partial charge in [0.05, 0.1) is 24.4 Å². The highest BCUT2D eigenvalue weighted by molar-refractivity contribution is 5.92. The largest absolute Gasteiger partial charge is 0.381 e. The lowest BCUT2D eigenvalue weighted by molar-refractivity contribution is 0.0994. The van der Waals surface area contributed by atoms with Crippen molar-refractivity contribution in [2.75, 3.05) is 18.5 Å². The van der Waals surface area contributed by atoms with Gasteiger partial charge in [0.15, 0.2) is 5.82 Å². The molecule has 0 fully saturated rings. The van der Waals surface area contributed by atoms with Crippen LogP contribution >= 0.6 is 0 Å². The third-order valence-electron chi connectivity index (χ3n) is 5.41. The summed E-state index contributed by atoms with van der Waals surface area (Å²) < 4.78 is 7.34. The fourth-order valence-electron chi connectivity index (χ4n) is 3.87. The van der Waals surface area contributed by atoms with E-state index in [0.29, 0.717) is 43.4 Å². The van der Waals surface area contributed by atoms with E-state index >= 15 is 0 Å². The summed E-state index contributed by atoms with van der Waals surface area (Å²) in [6.45, 7) is 1.92. The summed E-state index contributed by atoms with van der Waals surface area (Å²) in [5.74, 6) is 0.793. The van der Waals surface area contributed by atoms with Gasteiger partial charge in [-0.25, -0.2) is 15.0 Å². The molecule has 0 saturated carbocycles. The van der Waals surface area contributed by atoms with Gasteiger partial charge >= 0.3 is 0 Å². The molecule has 1 aliphatic rings. The number of ether oxygens (including phenoxy) is 1. The Kier molecular flexibility index (Phi) is 5.05. The van der Waals surface area contributed by atoms with Crippen molar-refractivity contribution in [1.29, 1.82) is 0 Å². The molecule has 0 unspecified atom stereocenters. The summed E-state index contributed by atoms with van der Waals surface area (Å²) in [5.41, 5.74) is 10.4. The fraction of sp³-hybridized carbons (Fsp3) is 0.217. The molecule has 5 rings (SSSR count). The number of carbonyl (C=O) groups excluding carboxylic acids is 1. The van der Waals surface area contributed by atoms with Gasteiger partial charge in [-0.2, -0.15) is 0 Å². The van der Waals surface area contributed by atoms with Crippen LogP contribution in [0.3, 0.4) is 0 Å². The number of amides is 1. The molecule has 4 heterocycles. The number of nitrogens with two attached hydrogens (primary N) is 1. The van der Waals surface area contributed by atoms with Crippen LogP contribution in [-0.2, 0) is 24.1 Å². The second kappa shape index (κ2) is 8.16. The molecule has 0 atom stereocenters. The Morgan fingerprint density at radius 3 is 2.74 bits per heavy atom. The van der Waals surface area contributed by atoms with Gasteiger partial charge in [-0.1, -0.05) is 36.4 Å². The molecule has 0 aliphatic carbocycles. The molecule has 0 saturated heterocycles. The quantitative estimate of drug-likeness (QED) is 0.520. The van der Waals surface area contributed by atoms with Crippen molar-refractivity contribution < 1.29 is 9.53 Å². The molecule has 0 bridgehead atoms. The molecular formula is C23H22N6O2. The molecular weight excluding hydrogens is 392 g/mol. The summed E-state index contributed by atoms with van der Waals surface area (Å²) in [6.07, 6.45) is 3.05. The topological polar surface area (TPSA) is 107 Å². The minimum atomic E-state index is -0.514. The highest BCUT2D eigenvalue weighted by atomic mass is 16.5. The number of nitrogens with one attached hydrogen (secondary N) is 1. The van der Waals surface area contributed by atoms with Crippen LogP contribution in [0.4, 0.5) is 5.82 Å². The molecule has 1 aliphatic heterocycles. The number of pyridine rings is 1. The average Bonchev–Trinajstić information content (AvgIpc) is 3.08. The lowest BCUT2D eigenvalue weighted by Crippen LogP contribution is -2.15. The van der Waals surface area contributed by atoms with E-state index in [4.69, 9.17) is 20.4 Å². The Hall–Kier alpha value is -3.78. The molecule has 0 radical (unpaired) electrons. The minimum Gasteiger partial charge on any atom is -0.381 e. The number of benzene rings is 1. The van der Waals surface area contributed by atoms with E-state index in [1.54, 1.807) is 22.9 Å². The number of rotatable bonds is 5. The molecule has 8 heteroatoms. The summed E-state index contributed by atoms with van der Waals surface area (Å²) in [7, 11) is 0. The Bertz CT molecular complexity index is 1250. The molecule has 31 heavy (non-hydrogen) atoms. The number of imidazole rings is 1. The molecule has 0 spiro atoms. The number of hydrogen-bond donors (Lipinski definition) is 2. The average molecular weight is 414 g/mol. The normalized spacial score (nSPS) is 13.5. The van der Waals surface area contributed by atoms with E-state index in [9.17, 15) is 4.79 Å². The molecule has 1 amide bonds. The van der Waals surface area contributed by atoms with Crippen molar-refractivity contribution in [1.82, 2.24) is 19.4 Å². The van der Waals surface area contributed by atoms with Gasteiger partial charge in [-0.05, 0) is 17.7 Å². The highest BCUT2D eigenvalue weighted by Gasteiger charge is 2.20. The number of aromatic nitrogens is 4. The first kappa shape index (κ1) is 19.2. The van der Waals surface area contributed by atoms with Crippen LogP contribution in [0.1, 0.15) is 27.3 Å². The van der Waals surface area contributed by atoms with Crippen LogP contribution in [0.25, 0.3) is 17.0 Å². The number of carbonyl (C=O) groups is 1. The van der Waals surface area contributed by atoms with Crippen LogP contribution in [-0.4, -0.2) is 38.5 Å². The van der Waals surface area contributed by atoms with Crippen molar-refractivity contribution >= 4 is 17.2 Å². The second-order valence-electron chi connectivity index (χ2n) is 7.40. The molecule has 3 aromatic heterocycles. The fourth-order valence-corrected chi connectivity index (χ4v) is 3.87. The standard InChI is InChI=1S/C23H22N6O2/c24-21(30)19-8-4-7-18-20(26-14-29(18)19)23-27-17-10-12-31-11-9-16(17)22(28-23)25-13-15-5-2-1-3-6-15/h1-8,14H,9-13H2,(H2,24,30)(H,25,27,28). The van der Waals surface area contributed by atoms with Gasteiger partial charge in [0.25, 0.3) is 5.91 Å². The molecule has 1 aromatic carbocycles. The zero-order valence-electron chi connectivity index (χ0n) is 16.9. The van der Waals surface area contributed by atoms with Crippen LogP contribution in [0.2, 0.25) is 0 Å². The lowest BCUT2D eigenvalue weighted by Gasteiger charge is -2.14. The Balaban J connectivity index is 1.59. The Morgan fingerprint density at radius 2 is 1.90 bits per heavy atom. The van der Waals surface area contributed by atoms with E-state index in [1.807, 2.05) is 24.3 Å².